The van der Waals surface area contributed by atoms with Crippen molar-refractivity contribution in [1.29, 1.82) is 0 Å². The van der Waals surface area contributed by atoms with Crippen LogP contribution in [0, 0.1) is 0 Å². The summed E-state index contributed by atoms with van der Waals surface area (Å²) in [6.45, 7) is 3.20. The smallest absolute Gasteiger partial charge is 0.0751 e. The van der Waals surface area contributed by atoms with Crippen molar-refractivity contribution in [2.24, 2.45) is 0 Å². The second-order valence-electron chi connectivity index (χ2n) is 5.74. The molecule has 2 fully saturated rings. The Kier molecular flexibility index (Phi) is 4.37. The summed E-state index contributed by atoms with van der Waals surface area (Å²) in [5.74, 6) is 0. The summed E-state index contributed by atoms with van der Waals surface area (Å²) in [6.07, 6.45) is 4.78. The summed E-state index contributed by atoms with van der Waals surface area (Å²) in [5, 5.41) is 5.51. The Bertz CT molecular complexity index is 469. The molecule has 2 atom stereocenters. The fourth-order valence-electron chi connectivity index (χ4n) is 3.78. The van der Waals surface area contributed by atoms with Crippen LogP contribution in [0.5, 0.6) is 0 Å². The first-order valence-corrected chi connectivity index (χ1v) is 8.39. The molecule has 1 aromatic carbocycles. The number of nitrogens with zero attached hydrogens (tertiary/aromatic N) is 1. The normalized spacial score (nSPS) is 29.0. The summed E-state index contributed by atoms with van der Waals surface area (Å²) >= 11 is 18.8. The largest absolute Gasteiger partial charge is 0.363 e. The van der Waals surface area contributed by atoms with Crippen molar-refractivity contribution >= 4 is 40.5 Å². The fraction of sp³-hybridized carbons (Fsp3) is 0.600. The summed E-state index contributed by atoms with van der Waals surface area (Å²) in [7, 11) is 0. The number of hydrogen-bond donors (Lipinski definition) is 1. The lowest BCUT2D eigenvalue weighted by Gasteiger charge is -2.41. The van der Waals surface area contributed by atoms with Crippen LogP contribution in [0.1, 0.15) is 32.6 Å². The first-order valence-electron chi connectivity index (χ1n) is 7.26. The molecule has 5 heteroatoms. The third-order valence-electron chi connectivity index (χ3n) is 4.47. The Morgan fingerprint density at radius 2 is 1.65 bits per heavy atom. The Morgan fingerprint density at radius 3 is 2.15 bits per heavy atom. The number of benzene rings is 1. The van der Waals surface area contributed by atoms with Crippen LogP contribution in [-0.2, 0) is 0 Å². The second kappa shape index (κ2) is 5.92. The van der Waals surface area contributed by atoms with E-state index in [2.05, 4.69) is 17.1 Å². The average Bonchev–Trinajstić information content (AvgIpc) is 2.62. The maximum absolute atomic E-state index is 6.40. The average molecular weight is 334 g/mol. The first-order chi connectivity index (χ1) is 9.60. The van der Waals surface area contributed by atoms with Gasteiger partial charge in [0.25, 0.3) is 0 Å². The van der Waals surface area contributed by atoms with Crippen LogP contribution in [-0.4, -0.2) is 24.7 Å². The summed E-state index contributed by atoms with van der Waals surface area (Å²) in [4.78, 5) is 2.44. The third-order valence-corrected chi connectivity index (χ3v) is 5.26. The molecule has 3 rings (SSSR count). The Balaban J connectivity index is 1.89. The van der Waals surface area contributed by atoms with E-state index in [1.54, 1.807) is 12.1 Å². The van der Waals surface area contributed by atoms with E-state index in [4.69, 9.17) is 34.8 Å². The van der Waals surface area contributed by atoms with Crippen LogP contribution >= 0.6 is 34.8 Å². The fourth-order valence-corrected chi connectivity index (χ4v) is 4.79. The van der Waals surface area contributed by atoms with E-state index in [0.717, 1.165) is 12.2 Å². The molecule has 2 heterocycles. The van der Waals surface area contributed by atoms with Crippen LogP contribution in [0.15, 0.2) is 12.1 Å². The monoisotopic (exact) mass is 332 g/mol. The van der Waals surface area contributed by atoms with Gasteiger partial charge >= 0.3 is 0 Å². The minimum absolute atomic E-state index is 0.536. The van der Waals surface area contributed by atoms with Crippen molar-refractivity contribution in [2.75, 3.05) is 11.4 Å². The van der Waals surface area contributed by atoms with Crippen LogP contribution in [0.2, 0.25) is 15.1 Å². The number of fused-ring (bicyclic) bond motifs is 2. The van der Waals surface area contributed by atoms with Gasteiger partial charge in [-0.05, 0) is 44.4 Å². The first kappa shape index (κ1) is 14.8. The van der Waals surface area contributed by atoms with E-state index in [1.807, 2.05) is 0 Å². The van der Waals surface area contributed by atoms with Crippen LogP contribution in [0.3, 0.4) is 0 Å². The van der Waals surface area contributed by atoms with Gasteiger partial charge < -0.3 is 10.2 Å². The highest BCUT2D eigenvalue weighted by molar-refractivity contribution is 6.41. The standard InChI is InChI=1S/C15H19Cl3N2/c1-2-19-10-7-11-3-4-12(8-10)20(11)15-13(17)5-9(16)6-14(15)18/h5-6,10-12,19H,2-4,7-8H2,1H3. The van der Waals surface area contributed by atoms with E-state index in [9.17, 15) is 0 Å². The molecule has 2 nitrogen and oxygen atoms in total. The molecule has 0 aromatic heterocycles. The van der Waals surface area contributed by atoms with Gasteiger partial charge in [-0.25, -0.2) is 0 Å². The van der Waals surface area contributed by atoms with Gasteiger partial charge in [0.1, 0.15) is 0 Å². The van der Waals surface area contributed by atoms with E-state index in [0.29, 0.717) is 33.2 Å². The Morgan fingerprint density at radius 1 is 1.10 bits per heavy atom. The van der Waals surface area contributed by atoms with Gasteiger partial charge in [-0.15, -0.1) is 0 Å². The predicted molar refractivity (Wildman–Crippen MR) is 87.5 cm³/mol. The van der Waals surface area contributed by atoms with Crippen molar-refractivity contribution in [2.45, 2.75) is 50.7 Å². The molecule has 1 aromatic rings. The molecule has 20 heavy (non-hydrogen) atoms. The van der Waals surface area contributed by atoms with Crippen LogP contribution < -0.4 is 10.2 Å². The van der Waals surface area contributed by atoms with Gasteiger partial charge in [0.15, 0.2) is 0 Å². The summed E-state index contributed by atoms with van der Waals surface area (Å²) in [5.41, 5.74) is 0.972. The number of anilines is 1. The molecule has 1 N–H and O–H groups in total. The molecule has 2 aliphatic rings. The van der Waals surface area contributed by atoms with Gasteiger partial charge in [0.05, 0.1) is 15.7 Å². The zero-order chi connectivity index (χ0) is 14.3. The van der Waals surface area contributed by atoms with Crippen molar-refractivity contribution < 1.29 is 0 Å². The van der Waals surface area contributed by atoms with E-state index < -0.39 is 0 Å². The molecular formula is C15H19Cl3N2. The zero-order valence-corrected chi connectivity index (χ0v) is 13.8. The topological polar surface area (TPSA) is 15.3 Å². The maximum Gasteiger partial charge on any atom is 0.0751 e. The molecule has 0 amide bonds. The molecule has 2 bridgehead atoms. The lowest BCUT2D eigenvalue weighted by Crippen LogP contribution is -2.49. The molecule has 2 aliphatic heterocycles. The van der Waals surface area contributed by atoms with Gasteiger partial charge in [-0.3, -0.25) is 0 Å². The minimum Gasteiger partial charge on any atom is -0.363 e. The molecule has 2 saturated heterocycles. The SMILES string of the molecule is CCNC1CC2CCC(C1)N2c1c(Cl)cc(Cl)cc1Cl. The quantitative estimate of drug-likeness (QED) is 0.858. The molecule has 2 unspecified atom stereocenters. The summed E-state index contributed by atoms with van der Waals surface area (Å²) < 4.78 is 0. The van der Waals surface area contributed by atoms with Gasteiger partial charge in [-0.2, -0.15) is 0 Å². The highest BCUT2D eigenvalue weighted by atomic mass is 35.5. The molecule has 110 valence electrons. The number of piperidine rings is 1. The number of halogens is 3. The Labute approximate surface area is 135 Å². The highest BCUT2D eigenvalue weighted by Gasteiger charge is 2.41. The Hall–Kier alpha value is -0.150. The summed E-state index contributed by atoms with van der Waals surface area (Å²) in [6, 6.07) is 5.28. The van der Waals surface area contributed by atoms with E-state index in [1.165, 1.54) is 25.7 Å². The number of nitrogens with one attached hydrogen (secondary N) is 1. The van der Waals surface area contributed by atoms with Crippen molar-refractivity contribution in [3.8, 4) is 0 Å². The third kappa shape index (κ3) is 2.64. The minimum atomic E-state index is 0.536. The van der Waals surface area contributed by atoms with E-state index >= 15 is 0 Å². The molecule has 0 radical (unpaired) electrons. The molecule has 0 saturated carbocycles. The lowest BCUT2D eigenvalue weighted by molar-refractivity contribution is 0.361. The highest BCUT2D eigenvalue weighted by Crippen LogP contribution is 2.46. The van der Waals surface area contributed by atoms with E-state index in [-0.39, 0.29) is 0 Å². The molecule has 0 aliphatic carbocycles. The van der Waals surface area contributed by atoms with Crippen molar-refractivity contribution in [3.63, 3.8) is 0 Å². The number of hydrogen-bond acceptors (Lipinski definition) is 2. The van der Waals surface area contributed by atoms with Gasteiger partial charge in [0.2, 0.25) is 0 Å². The predicted octanol–water partition coefficient (Wildman–Crippen LogP) is 4.76. The number of rotatable bonds is 3. The zero-order valence-electron chi connectivity index (χ0n) is 11.5. The van der Waals surface area contributed by atoms with Gasteiger partial charge in [0, 0.05) is 23.1 Å². The van der Waals surface area contributed by atoms with Crippen LogP contribution in [0.4, 0.5) is 5.69 Å². The maximum atomic E-state index is 6.40. The second-order valence-corrected chi connectivity index (χ2v) is 6.99. The van der Waals surface area contributed by atoms with Crippen molar-refractivity contribution in [1.82, 2.24) is 5.32 Å². The molecular weight excluding hydrogens is 315 g/mol. The molecule has 0 spiro atoms. The lowest BCUT2D eigenvalue weighted by atomic mass is 9.96. The van der Waals surface area contributed by atoms with Gasteiger partial charge in [-0.1, -0.05) is 41.7 Å². The van der Waals surface area contributed by atoms with Crippen LogP contribution in [0.25, 0.3) is 0 Å². The van der Waals surface area contributed by atoms with Crippen molar-refractivity contribution in [3.05, 3.63) is 27.2 Å².